The maximum absolute atomic E-state index is 12.8. The number of aryl methyl sites for hydroxylation is 1. The van der Waals surface area contributed by atoms with E-state index in [9.17, 15) is 22.8 Å². The van der Waals surface area contributed by atoms with Crippen molar-refractivity contribution in [2.45, 2.75) is 19.6 Å². The summed E-state index contributed by atoms with van der Waals surface area (Å²) in [6.07, 6.45) is -3.12. The van der Waals surface area contributed by atoms with E-state index in [-0.39, 0.29) is 34.2 Å². The van der Waals surface area contributed by atoms with Gasteiger partial charge >= 0.3 is 6.18 Å². The fraction of sp³-hybridized carbons (Fsp3) is 0.150. The average Bonchev–Trinajstić information content (AvgIpc) is 3.01. The van der Waals surface area contributed by atoms with E-state index in [2.05, 4.69) is 4.98 Å². The molecule has 0 aliphatic rings. The molecule has 1 amide bonds. The third-order valence-electron chi connectivity index (χ3n) is 4.51. The number of amides is 1. The number of nitrogens with two attached hydrogens (primary N) is 2. The van der Waals surface area contributed by atoms with Gasteiger partial charge in [0.1, 0.15) is 5.82 Å². The topological polar surface area (TPSA) is 104 Å². The highest BCUT2D eigenvalue weighted by Crippen LogP contribution is 2.31. The zero-order valence-corrected chi connectivity index (χ0v) is 16.4. The Bertz CT molecular complexity index is 1110. The second-order valence-corrected chi connectivity index (χ2v) is 7.05. The molecule has 1 heterocycles. The molecule has 0 spiro atoms. The minimum Gasteiger partial charge on any atom is -0.383 e. The van der Waals surface area contributed by atoms with Crippen LogP contribution < -0.4 is 11.5 Å². The van der Waals surface area contributed by atoms with Crippen molar-refractivity contribution in [2.24, 2.45) is 5.73 Å². The molecule has 156 valence electrons. The Morgan fingerprint density at radius 3 is 2.30 bits per heavy atom. The first kappa shape index (κ1) is 21.4. The molecule has 4 N–H and O–H groups in total. The number of aromatic nitrogens is 2. The predicted octanol–water partition coefficient (Wildman–Crippen LogP) is 3.82. The molecule has 2 aromatic carbocycles. The summed E-state index contributed by atoms with van der Waals surface area (Å²) in [6.45, 7) is 1.89. The number of nitrogens with zero attached hydrogens (tertiary/aromatic N) is 2. The van der Waals surface area contributed by atoms with E-state index in [0.717, 1.165) is 24.3 Å². The molecule has 0 radical (unpaired) electrons. The molecule has 0 saturated carbocycles. The zero-order valence-electron chi connectivity index (χ0n) is 15.6. The van der Waals surface area contributed by atoms with Gasteiger partial charge in [0.2, 0.25) is 0 Å². The number of ketones is 1. The number of anilines is 1. The van der Waals surface area contributed by atoms with Crippen molar-refractivity contribution in [1.82, 2.24) is 9.55 Å². The second kappa shape index (κ2) is 7.83. The summed E-state index contributed by atoms with van der Waals surface area (Å²) in [6, 6.07) is 7.19. The number of nitrogen functional groups attached to an aromatic ring is 1. The SMILES string of the molecule is Cc1cc(Cn2cnc(C(N)=O)c2N)cc(Cl)c1C(=O)c1ccc(C(F)(F)F)cc1. The molecule has 0 saturated heterocycles. The van der Waals surface area contributed by atoms with Crippen LogP contribution in [-0.2, 0) is 12.7 Å². The molecule has 0 unspecified atom stereocenters. The Morgan fingerprint density at radius 2 is 1.80 bits per heavy atom. The van der Waals surface area contributed by atoms with Gasteiger partial charge in [0.25, 0.3) is 5.91 Å². The van der Waals surface area contributed by atoms with E-state index in [1.54, 1.807) is 19.1 Å². The van der Waals surface area contributed by atoms with Gasteiger partial charge in [-0.3, -0.25) is 9.59 Å². The van der Waals surface area contributed by atoms with E-state index < -0.39 is 23.4 Å². The third-order valence-corrected chi connectivity index (χ3v) is 4.81. The summed E-state index contributed by atoms with van der Waals surface area (Å²) in [5, 5.41) is 0.142. The van der Waals surface area contributed by atoms with Crippen molar-refractivity contribution < 1.29 is 22.8 Å². The summed E-state index contributed by atoms with van der Waals surface area (Å²) in [5.41, 5.74) is 11.7. The number of primary amides is 1. The number of rotatable bonds is 5. The standard InChI is InChI=1S/C20H16ClF3N4O2/c1-10-6-11(8-28-9-27-16(18(28)25)19(26)30)7-14(21)15(10)17(29)12-2-4-13(5-3-12)20(22,23)24/h2-7,9H,8,25H2,1H3,(H2,26,30). The number of hydrogen-bond acceptors (Lipinski definition) is 4. The molecular weight excluding hydrogens is 421 g/mol. The zero-order chi connectivity index (χ0) is 22.2. The first-order valence-electron chi connectivity index (χ1n) is 8.60. The highest BCUT2D eigenvalue weighted by molar-refractivity contribution is 6.35. The molecule has 10 heteroatoms. The summed E-state index contributed by atoms with van der Waals surface area (Å²) < 4.78 is 39.7. The molecule has 0 fully saturated rings. The summed E-state index contributed by atoms with van der Waals surface area (Å²) in [4.78, 5) is 27.9. The van der Waals surface area contributed by atoms with Crippen LogP contribution in [0.3, 0.4) is 0 Å². The van der Waals surface area contributed by atoms with Gasteiger partial charge in [-0.05, 0) is 36.2 Å². The summed E-state index contributed by atoms with van der Waals surface area (Å²) in [5.74, 6) is -1.14. The van der Waals surface area contributed by atoms with E-state index >= 15 is 0 Å². The quantitative estimate of drug-likeness (QED) is 0.593. The molecule has 0 atom stereocenters. The van der Waals surface area contributed by atoms with Gasteiger partial charge in [-0.15, -0.1) is 0 Å². The van der Waals surface area contributed by atoms with Crippen molar-refractivity contribution >= 4 is 29.1 Å². The van der Waals surface area contributed by atoms with Crippen LogP contribution in [0.1, 0.15) is 43.1 Å². The highest BCUT2D eigenvalue weighted by Gasteiger charge is 2.30. The fourth-order valence-corrected chi connectivity index (χ4v) is 3.43. The second-order valence-electron chi connectivity index (χ2n) is 6.64. The number of halogens is 4. The Morgan fingerprint density at radius 1 is 1.17 bits per heavy atom. The number of carbonyl (C=O) groups excluding carboxylic acids is 2. The lowest BCUT2D eigenvalue weighted by molar-refractivity contribution is -0.137. The Hall–Kier alpha value is -3.33. The number of benzene rings is 2. The van der Waals surface area contributed by atoms with Crippen LogP contribution in [-0.4, -0.2) is 21.2 Å². The van der Waals surface area contributed by atoms with Crippen LogP contribution in [0.5, 0.6) is 0 Å². The molecular formula is C20H16ClF3N4O2. The van der Waals surface area contributed by atoms with E-state index in [1.165, 1.54) is 10.9 Å². The van der Waals surface area contributed by atoms with E-state index in [4.69, 9.17) is 23.1 Å². The summed E-state index contributed by atoms with van der Waals surface area (Å²) >= 11 is 6.31. The van der Waals surface area contributed by atoms with Crippen LogP contribution in [0, 0.1) is 6.92 Å². The molecule has 1 aromatic heterocycles. The van der Waals surface area contributed by atoms with Gasteiger partial charge < -0.3 is 16.0 Å². The first-order valence-corrected chi connectivity index (χ1v) is 8.98. The predicted molar refractivity (Wildman–Crippen MR) is 105 cm³/mol. The molecule has 3 aromatic rings. The lowest BCUT2D eigenvalue weighted by Gasteiger charge is -2.13. The van der Waals surface area contributed by atoms with Gasteiger partial charge in [-0.25, -0.2) is 4.98 Å². The van der Waals surface area contributed by atoms with Crippen LogP contribution in [0.15, 0.2) is 42.7 Å². The molecule has 3 rings (SSSR count). The fourth-order valence-electron chi connectivity index (χ4n) is 3.05. The van der Waals surface area contributed by atoms with Gasteiger partial charge in [-0.1, -0.05) is 29.8 Å². The van der Waals surface area contributed by atoms with Gasteiger partial charge in [-0.2, -0.15) is 13.2 Å². The van der Waals surface area contributed by atoms with E-state index in [0.29, 0.717) is 11.1 Å². The van der Waals surface area contributed by atoms with Crippen molar-refractivity contribution in [3.05, 3.63) is 81.3 Å². The average molecular weight is 437 g/mol. The molecule has 6 nitrogen and oxygen atoms in total. The van der Waals surface area contributed by atoms with Crippen LogP contribution in [0.2, 0.25) is 5.02 Å². The van der Waals surface area contributed by atoms with Gasteiger partial charge in [0.15, 0.2) is 11.5 Å². The molecule has 0 aliphatic heterocycles. The van der Waals surface area contributed by atoms with Crippen molar-refractivity contribution in [3.8, 4) is 0 Å². The van der Waals surface area contributed by atoms with Crippen molar-refractivity contribution in [3.63, 3.8) is 0 Å². The number of alkyl halides is 3. The Kier molecular flexibility index (Phi) is 5.58. The summed E-state index contributed by atoms with van der Waals surface area (Å²) in [7, 11) is 0. The van der Waals surface area contributed by atoms with Crippen LogP contribution >= 0.6 is 11.6 Å². The Balaban J connectivity index is 1.89. The lowest BCUT2D eigenvalue weighted by atomic mass is 9.96. The van der Waals surface area contributed by atoms with Crippen molar-refractivity contribution in [2.75, 3.05) is 5.73 Å². The number of imidazole rings is 1. The van der Waals surface area contributed by atoms with E-state index in [1.807, 2.05) is 0 Å². The molecule has 0 aliphatic carbocycles. The minimum atomic E-state index is -4.49. The van der Waals surface area contributed by atoms with Gasteiger partial charge in [0, 0.05) is 11.1 Å². The van der Waals surface area contributed by atoms with Crippen LogP contribution in [0.4, 0.5) is 19.0 Å². The smallest absolute Gasteiger partial charge is 0.383 e. The van der Waals surface area contributed by atoms with Crippen molar-refractivity contribution in [1.29, 1.82) is 0 Å². The molecule has 30 heavy (non-hydrogen) atoms. The van der Waals surface area contributed by atoms with Gasteiger partial charge in [0.05, 0.1) is 23.5 Å². The lowest BCUT2D eigenvalue weighted by Crippen LogP contribution is -2.15. The monoisotopic (exact) mass is 436 g/mol. The largest absolute Gasteiger partial charge is 0.416 e. The minimum absolute atomic E-state index is 0.0491. The highest BCUT2D eigenvalue weighted by atomic mass is 35.5. The third kappa shape index (κ3) is 4.16. The number of carbonyl (C=O) groups is 2. The molecule has 0 bridgehead atoms. The van der Waals surface area contributed by atoms with Crippen LogP contribution in [0.25, 0.3) is 0 Å². The number of hydrogen-bond donors (Lipinski definition) is 2. The normalized spacial score (nSPS) is 11.5. The first-order chi connectivity index (χ1) is 14.0. The maximum Gasteiger partial charge on any atom is 0.416 e. The Labute approximate surface area is 174 Å². The maximum atomic E-state index is 12.8.